The van der Waals surface area contributed by atoms with E-state index in [-0.39, 0.29) is 5.91 Å². The molecule has 0 saturated heterocycles. The summed E-state index contributed by atoms with van der Waals surface area (Å²) in [6.07, 6.45) is 1.53. The van der Waals surface area contributed by atoms with Crippen molar-refractivity contribution in [3.05, 3.63) is 71.3 Å². The summed E-state index contributed by atoms with van der Waals surface area (Å²) in [5, 5.41) is 3.63. The number of nitrogens with zero attached hydrogens (tertiary/aromatic N) is 1. The lowest BCUT2D eigenvalue weighted by Gasteiger charge is -2.07. The Morgan fingerprint density at radius 1 is 0.909 bits per heavy atom. The molecule has 2 aromatic carbocycles. The summed E-state index contributed by atoms with van der Waals surface area (Å²) >= 11 is 0. The molecule has 0 heterocycles. The molecule has 0 aliphatic carbocycles. The van der Waals surface area contributed by atoms with Gasteiger partial charge in [-0.25, -0.2) is 0 Å². The molecule has 0 spiro atoms. The maximum Gasteiger partial charge on any atom is 0.269 e. The van der Waals surface area contributed by atoms with Crippen molar-refractivity contribution in [2.75, 3.05) is 7.11 Å². The average Bonchev–Trinajstić information content (AvgIpc) is 2.58. The predicted molar refractivity (Wildman–Crippen MR) is 82.4 cm³/mol. The largest absolute Gasteiger partial charge is 0.399 e. The van der Waals surface area contributed by atoms with Crippen molar-refractivity contribution in [2.45, 2.75) is 0 Å². The van der Waals surface area contributed by atoms with Crippen LogP contribution in [0.3, 0.4) is 0 Å². The molecule has 6 nitrogen and oxygen atoms in total. The molecule has 22 heavy (non-hydrogen) atoms. The Labute approximate surface area is 127 Å². The molecule has 2 rings (SSSR count). The second-order valence-corrected chi connectivity index (χ2v) is 4.31. The number of carbonyl (C=O) groups excluding carboxylic acids is 2. The van der Waals surface area contributed by atoms with Gasteiger partial charge >= 0.3 is 0 Å². The lowest BCUT2D eigenvalue weighted by atomic mass is 10.1. The van der Waals surface area contributed by atoms with Gasteiger partial charge in [0.1, 0.15) is 7.11 Å². The number of nitrogens with one attached hydrogen (secondary N) is 2. The Kier molecular flexibility index (Phi) is 5.25. The molecule has 2 N–H and O–H groups in total. The number of oxime groups is 1. The molecule has 2 aromatic rings. The van der Waals surface area contributed by atoms with Crippen LogP contribution in [0, 0.1) is 0 Å². The third kappa shape index (κ3) is 4.17. The number of rotatable bonds is 4. The van der Waals surface area contributed by atoms with Crippen LogP contribution in [-0.4, -0.2) is 25.1 Å². The topological polar surface area (TPSA) is 79.8 Å². The zero-order chi connectivity index (χ0) is 15.8. The van der Waals surface area contributed by atoms with E-state index in [4.69, 9.17) is 0 Å². The molecule has 0 unspecified atom stereocenters. The van der Waals surface area contributed by atoms with Crippen LogP contribution >= 0.6 is 0 Å². The first-order valence-electron chi connectivity index (χ1n) is 6.53. The SMILES string of the molecule is CO/N=C/c1ccc(C(=O)NNC(=O)c2ccccc2)cc1. The van der Waals surface area contributed by atoms with E-state index in [0.717, 1.165) is 5.56 Å². The smallest absolute Gasteiger partial charge is 0.269 e. The van der Waals surface area contributed by atoms with Crippen molar-refractivity contribution < 1.29 is 14.4 Å². The third-order valence-electron chi connectivity index (χ3n) is 2.81. The summed E-state index contributed by atoms with van der Waals surface area (Å²) in [5.41, 5.74) is 6.41. The molecule has 6 heteroatoms. The number of benzene rings is 2. The van der Waals surface area contributed by atoms with Crippen LogP contribution in [0.2, 0.25) is 0 Å². The summed E-state index contributed by atoms with van der Waals surface area (Å²) in [4.78, 5) is 28.3. The van der Waals surface area contributed by atoms with Crippen LogP contribution in [0.15, 0.2) is 59.8 Å². The van der Waals surface area contributed by atoms with E-state index in [9.17, 15) is 9.59 Å². The first-order chi connectivity index (χ1) is 10.7. The summed E-state index contributed by atoms with van der Waals surface area (Å²) in [7, 11) is 1.45. The zero-order valence-corrected chi connectivity index (χ0v) is 11.9. The molecule has 0 bridgehead atoms. The van der Waals surface area contributed by atoms with Crippen LogP contribution < -0.4 is 10.9 Å². The minimum atomic E-state index is -0.403. The fourth-order valence-electron chi connectivity index (χ4n) is 1.68. The van der Waals surface area contributed by atoms with Gasteiger partial charge < -0.3 is 4.84 Å². The summed E-state index contributed by atoms with van der Waals surface area (Å²) in [5.74, 6) is -0.780. The highest BCUT2D eigenvalue weighted by Gasteiger charge is 2.08. The predicted octanol–water partition coefficient (Wildman–Crippen LogP) is 1.74. The molecule has 0 fully saturated rings. The van der Waals surface area contributed by atoms with Crippen LogP contribution in [0.5, 0.6) is 0 Å². The van der Waals surface area contributed by atoms with E-state index in [0.29, 0.717) is 11.1 Å². The lowest BCUT2D eigenvalue weighted by molar-refractivity contribution is 0.0846. The van der Waals surface area contributed by atoms with Gasteiger partial charge in [-0.3, -0.25) is 20.4 Å². The fraction of sp³-hybridized carbons (Fsp3) is 0.0625. The first kappa shape index (κ1) is 15.2. The standard InChI is InChI=1S/C16H15N3O3/c1-22-17-11-12-7-9-14(10-8-12)16(21)19-18-15(20)13-5-3-2-4-6-13/h2-11H,1H3,(H,18,20)(H,19,21)/b17-11+. The highest BCUT2D eigenvalue weighted by Crippen LogP contribution is 2.03. The van der Waals surface area contributed by atoms with E-state index in [1.807, 2.05) is 6.07 Å². The number of hydrogen-bond donors (Lipinski definition) is 2. The number of amides is 2. The van der Waals surface area contributed by atoms with Crippen molar-refractivity contribution in [2.24, 2.45) is 5.16 Å². The summed E-state index contributed by atoms with van der Waals surface area (Å²) in [6.45, 7) is 0. The summed E-state index contributed by atoms with van der Waals surface area (Å²) < 4.78 is 0. The maximum atomic E-state index is 11.9. The van der Waals surface area contributed by atoms with Gasteiger partial charge in [-0.05, 0) is 29.8 Å². The maximum absolute atomic E-state index is 11.9. The van der Waals surface area contributed by atoms with Gasteiger partial charge in [-0.2, -0.15) is 0 Å². The molecule has 0 radical (unpaired) electrons. The highest BCUT2D eigenvalue weighted by atomic mass is 16.6. The highest BCUT2D eigenvalue weighted by molar-refractivity contribution is 5.99. The number of carbonyl (C=O) groups is 2. The van der Waals surface area contributed by atoms with Gasteiger partial charge in [-0.15, -0.1) is 0 Å². The summed E-state index contributed by atoms with van der Waals surface area (Å²) in [6, 6.07) is 15.3. The Bertz CT molecular complexity index is 667. The monoisotopic (exact) mass is 297 g/mol. The van der Waals surface area contributed by atoms with Gasteiger partial charge in [0.25, 0.3) is 11.8 Å². The van der Waals surface area contributed by atoms with Crippen LogP contribution in [-0.2, 0) is 4.84 Å². The van der Waals surface area contributed by atoms with Crippen molar-refractivity contribution in [1.29, 1.82) is 0 Å². The number of hydrogen-bond acceptors (Lipinski definition) is 4. The Hall–Kier alpha value is -3.15. The van der Waals surface area contributed by atoms with Crippen molar-refractivity contribution in [3.8, 4) is 0 Å². The molecule has 0 saturated carbocycles. The van der Waals surface area contributed by atoms with Gasteiger partial charge in [0.15, 0.2) is 0 Å². The van der Waals surface area contributed by atoms with Crippen LogP contribution in [0.1, 0.15) is 26.3 Å². The van der Waals surface area contributed by atoms with Crippen LogP contribution in [0.4, 0.5) is 0 Å². The van der Waals surface area contributed by atoms with E-state index in [1.165, 1.54) is 13.3 Å². The van der Waals surface area contributed by atoms with Gasteiger partial charge in [0.2, 0.25) is 0 Å². The van der Waals surface area contributed by atoms with E-state index in [2.05, 4.69) is 20.8 Å². The molecule has 112 valence electrons. The minimum absolute atomic E-state index is 0.377. The minimum Gasteiger partial charge on any atom is -0.399 e. The normalized spacial score (nSPS) is 10.2. The van der Waals surface area contributed by atoms with Gasteiger partial charge in [0, 0.05) is 11.1 Å². The zero-order valence-electron chi connectivity index (χ0n) is 11.9. The fourth-order valence-corrected chi connectivity index (χ4v) is 1.68. The molecule has 0 aliphatic heterocycles. The van der Waals surface area contributed by atoms with E-state index >= 15 is 0 Å². The third-order valence-corrected chi connectivity index (χ3v) is 2.81. The van der Waals surface area contributed by atoms with E-state index < -0.39 is 5.91 Å². The molecular formula is C16H15N3O3. The molecule has 2 amide bonds. The van der Waals surface area contributed by atoms with E-state index in [1.54, 1.807) is 48.5 Å². The quantitative estimate of drug-likeness (QED) is 0.666. The second kappa shape index (κ2) is 7.58. The van der Waals surface area contributed by atoms with Crippen LogP contribution in [0.25, 0.3) is 0 Å². The molecule has 0 atom stereocenters. The van der Waals surface area contributed by atoms with Crippen molar-refractivity contribution >= 4 is 18.0 Å². The van der Waals surface area contributed by atoms with Crippen molar-refractivity contribution in [3.63, 3.8) is 0 Å². The Balaban J connectivity index is 1.92. The Morgan fingerprint density at radius 2 is 1.45 bits per heavy atom. The van der Waals surface area contributed by atoms with Crippen molar-refractivity contribution in [1.82, 2.24) is 10.9 Å². The van der Waals surface area contributed by atoms with Gasteiger partial charge in [-0.1, -0.05) is 35.5 Å². The molecular weight excluding hydrogens is 282 g/mol. The second-order valence-electron chi connectivity index (χ2n) is 4.31. The molecule has 0 aromatic heterocycles. The number of hydrazine groups is 1. The average molecular weight is 297 g/mol. The first-order valence-corrected chi connectivity index (χ1v) is 6.53. The lowest BCUT2D eigenvalue weighted by Crippen LogP contribution is -2.41. The molecule has 0 aliphatic rings. The Morgan fingerprint density at radius 3 is 2.00 bits per heavy atom. The van der Waals surface area contributed by atoms with Gasteiger partial charge in [0.05, 0.1) is 6.21 Å².